The third-order valence-electron chi connectivity index (χ3n) is 7.63. The molecular weight excluding hydrogens is 326 g/mol. The highest BCUT2D eigenvalue weighted by atomic mass is 32.1. The van der Waals surface area contributed by atoms with E-state index < -0.39 is 0 Å². The minimum absolute atomic E-state index is 0.0335. The van der Waals surface area contributed by atoms with Crippen LogP contribution >= 0.6 is 11.3 Å². The molecule has 130 valence electrons. The molecule has 4 heterocycles. The number of fused-ring (bicyclic) bond motifs is 7. The quantitative estimate of drug-likeness (QED) is 0.532. The first kappa shape index (κ1) is 15.4. The Bertz CT molecular complexity index is 1010. The van der Waals surface area contributed by atoms with E-state index in [9.17, 15) is 0 Å². The highest BCUT2D eigenvalue weighted by Crippen LogP contribution is 2.66. The van der Waals surface area contributed by atoms with Crippen LogP contribution in [0.4, 0.5) is 5.69 Å². The Morgan fingerprint density at radius 2 is 1.80 bits per heavy atom. The molecule has 0 saturated carbocycles. The second-order valence-corrected chi connectivity index (χ2v) is 9.66. The summed E-state index contributed by atoms with van der Waals surface area (Å²) < 4.78 is 2.34. The number of rotatable bonds is 0. The number of benzene rings is 1. The van der Waals surface area contributed by atoms with E-state index in [1.807, 2.05) is 0 Å². The first-order valence-corrected chi connectivity index (χ1v) is 9.95. The second kappa shape index (κ2) is 4.29. The Hall–Kier alpha value is -1.81. The van der Waals surface area contributed by atoms with Crippen LogP contribution in [0.5, 0.6) is 0 Å². The van der Waals surface area contributed by atoms with Crippen LogP contribution < -0.4 is 4.90 Å². The van der Waals surface area contributed by atoms with E-state index in [0.29, 0.717) is 0 Å². The fourth-order valence-corrected chi connectivity index (χ4v) is 6.13. The van der Waals surface area contributed by atoms with Gasteiger partial charge < -0.3 is 4.90 Å². The summed E-state index contributed by atoms with van der Waals surface area (Å²) in [4.78, 5) is 8.78. The Labute approximate surface area is 153 Å². The summed E-state index contributed by atoms with van der Waals surface area (Å²) in [5.41, 5.74) is 5.41. The van der Waals surface area contributed by atoms with Crippen molar-refractivity contribution in [2.45, 2.75) is 58.5 Å². The normalized spacial score (nSPS) is 28.7. The summed E-state index contributed by atoms with van der Waals surface area (Å²) >= 11 is 1.73. The molecule has 0 aliphatic carbocycles. The van der Waals surface area contributed by atoms with Crippen molar-refractivity contribution in [1.29, 1.82) is 0 Å². The van der Waals surface area contributed by atoms with Gasteiger partial charge >= 0.3 is 0 Å². The molecule has 0 saturated heterocycles. The number of hydrogen-bond donors (Lipinski definition) is 0. The maximum absolute atomic E-state index is 5.03. The highest BCUT2D eigenvalue weighted by molar-refractivity contribution is 7.15. The van der Waals surface area contributed by atoms with Crippen LogP contribution in [0.1, 0.15) is 64.5 Å². The van der Waals surface area contributed by atoms with Crippen LogP contribution in [0, 0.1) is 5.41 Å². The number of anilines is 1. The second-order valence-electron chi connectivity index (χ2n) is 8.79. The molecule has 2 aliphatic heterocycles. The van der Waals surface area contributed by atoms with Crippen molar-refractivity contribution in [3.05, 3.63) is 52.8 Å². The van der Waals surface area contributed by atoms with Gasteiger partial charge in [0.2, 0.25) is 0 Å². The SMILES string of the molecule is CC1c2nc3sccn3c2C2(C)N1c1ccccc1C(C)(C)C2(C)C. The van der Waals surface area contributed by atoms with Gasteiger partial charge in [-0.2, -0.15) is 0 Å². The van der Waals surface area contributed by atoms with E-state index >= 15 is 0 Å². The average molecular weight is 352 g/mol. The fraction of sp³-hybridized carbons (Fsp3) is 0.476. The highest BCUT2D eigenvalue weighted by Gasteiger charge is 2.65. The van der Waals surface area contributed by atoms with Crippen molar-refractivity contribution < 1.29 is 0 Å². The van der Waals surface area contributed by atoms with Crippen molar-refractivity contribution in [2.75, 3.05) is 4.90 Å². The molecule has 0 radical (unpaired) electrons. The van der Waals surface area contributed by atoms with E-state index in [1.165, 1.54) is 22.6 Å². The predicted molar refractivity (Wildman–Crippen MR) is 105 cm³/mol. The summed E-state index contributed by atoms with van der Waals surface area (Å²) in [6, 6.07) is 9.24. The van der Waals surface area contributed by atoms with Gasteiger partial charge in [-0.25, -0.2) is 4.98 Å². The lowest BCUT2D eigenvalue weighted by Gasteiger charge is -2.61. The molecule has 0 N–H and O–H groups in total. The Kier molecular flexibility index (Phi) is 2.65. The van der Waals surface area contributed by atoms with E-state index in [-0.39, 0.29) is 22.4 Å². The minimum Gasteiger partial charge on any atom is -0.351 e. The first-order chi connectivity index (χ1) is 11.7. The Morgan fingerprint density at radius 1 is 1.08 bits per heavy atom. The summed E-state index contributed by atoms with van der Waals surface area (Å²) in [6.07, 6.45) is 2.19. The topological polar surface area (TPSA) is 20.5 Å². The van der Waals surface area contributed by atoms with Gasteiger partial charge in [0, 0.05) is 22.7 Å². The predicted octanol–water partition coefficient (Wildman–Crippen LogP) is 5.51. The summed E-state index contributed by atoms with van der Waals surface area (Å²) in [6.45, 7) is 14.4. The molecule has 2 unspecified atom stereocenters. The van der Waals surface area contributed by atoms with Crippen molar-refractivity contribution in [3.63, 3.8) is 0 Å². The molecule has 3 aromatic rings. The van der Waals surface area contributed by atoms with E-state index in [0.717, 1.165) is 4.96 Å². The lowest BCUT2D eigenvalue weighted by atomic mass is 9.52. The number of para-hydroxylation sites is 1. The molecule has 0 bridgehead atoms. The summed E-state index contributed by atoms with van der Waals surface area (Å²) in [5, 5.41) is 2.15. The van der Waals surface area contributed by atoms with Gasteiger partial charge in [-0.15, -0.1) is 11.3 Å². The molecule has 3 nitrogen and oxygen atoms in total. The van der Waals surface area contributed by atoms with E-state index in [1.54, 1.807) is 11.3 Å². The molecule has 5 rings (SSSR count). The molecule has 0 amide bonds. The standard InChI is InChI=1S/C21H25N3S/c1-13-16-17(23-11-12-25-18(23)22-16)21(6)20(4,5)19(2,3)14-9-7-8-10-15(14)24(13)21/h7-13H,1-6H3. The van der Waals surface area contributed by atoms with Gasteiger partial charge in [0.05, 0.1) is 23.0 Å². The van der Waals surface area contributed by atoms with E-state index in [2.05, 4.69) is 86.7 Å². The number of imidazole rings is 1. The molecule has 2 aromatic heterocycles. The lowest BCUT2D eigenvalue weighted by molar-refractivity contribution is 0.0621. The molecular formula is C21H25N3S. The van der Waals surface area contributed by atoms with Gasteiger partial charge in [0.1, 0.15) is 0 Å². The maximum atomic E-state index is 5.03. The average Bonchev–Trinajstić information content (AvgIpc) is 3.19. The number of aromatic nitrogens is 2. The molecule has 0 spiro atoms. The largest absolute Gasteiger partial charge is 0.351 e. The van der Waals surface area contributed by atoms with Crippen LogP contribution in [-0.4, -0.2) is 9.38 Å². The minimum atomic E-state index is -0.111. The van der Waals surface area contributed by atoms with Crippen molar-refractivity contribution in [2.24, 2.45) is 5.41 Å². The van der Waals surface area contributed by atoms with Crippen LogP contribution in [0.15, 0.2) is 35.8 Å². The zero-order chi connectivity index (χ0) is 17.8. The van der Waals surface area contributed by atoms with Crippen molar-refractivity contribution in [3.8, 4) is 0 Å². The number of hydrogen-bond acceptors (Lipinski definition) is 3. The maximum Gasteiger partial charge on any atom is 0.194 e. The van der Waals surface area contributed by atoms with Crippen LogP contribution in [0.3, 0.4) is 0 Å². The van der Waals surface area contributed by atoms with Crippen LogP contribution in [0.25, 0.3) is 4.96 Å². The molecule has 0 fully saturated rings. The van der Waals surface area contributed by atoms with Crippen molar-refractivity contribution in [1.82, 2.24) is 9.38 Å². The number of nitrogens with zero attached hydrogens (tertiary/aromatic N) is 3. The third kappa shape index (κ3) is 1.44. The Balaban J connectivity index is 1.93. The number of thiazole rings is 1. The molecule has 4 heteroatoms. The third-order valence-corrected chi connectivity index (χ3v) is 8.39. The molecule has 2 aliphatic rings. The van der Waals surface area contributed by atoms with Gasteiger partial charge in [-0.05, 0) is 30.9 Å². The summed E-state index contributed by atoms with van der Waals surface area (Å²) in [5.74, 6) is 0. The van der Waals surface area contributed by atoms with Gasteiger partial charge in [-0.3, -0.25) is 4.40 Å². The van der Waals surface area contributed by atoms with Crippen molar-refractivity contribution >= 4 is 22.0 Å². The Morgan fingerprint density at radius 3 is 2.56 bits per heavy atom. The van der Waals surface area contributed by atoms with Gasteiger partial charge in [0.25, 0.3) is 0 Å². The summed E-state index contributed by atoms with van der Waals surface area (Å²) in [7, 11) is 0. The lowest BCUT2D eigenvalue weighted by Crippen LogP contribution is -2.62. The fourth-order valence-electron chi connectivity index (χ4n) is 5.41. The monoisotopic (exact) mass is 351 g/mol. The zero-order valence-electron chi connectivity index (χ0n) is 15.8. The zero-order valence-corrected chi connectivity index (χ0v) is 16.6. The smallest absolute Gasteiger partial charge is 0.194 e. The molecule has 25 heavy (non-hydrogen) atoms. The van der Waals surface area contributed by atoms with Crippen LogP contribution in [0.2, 0.25) is 0 Å². The van der Waals surface area contributed by atoms with Crippen LogP contribution in [-0.2, 0) is 11.0 Å². The molecule has 2 atom stereocenters. The van der Waals surface area contributed by atoms with Gasteiger partial charge in [0.15, 0.2) is 4.96 Å². The van der Waals surface area contributed by atoms with Gasteiger partial charge in [-0.1, -0.05) is 45.9 Å². The first-order valence-electron chi connectivity index (χ1n) is 9.07. The molecule has 1 aromatic carbocycles. The van der Waals surface area contributed by atoms with E-state index in [4.69, 9.17) is 4.98 Å².